The highest BCUT2D eigenvalue weighted by Crippen LogP contribution is 2.31. The third kappa shape index (κ3) is 2.37. The fourth-order valence-electron chi connectivity index (χ4n) is 1.26. The molecular formula is C9H4Cl2F3N3. The summed E-state index contributed by atoms with van der Waals surface area (Å²) < 4.78 is 38.4. The predicted molar refractivity (Wildman–Crippen MR) is 56.4 cm³/mol. The van der Waals surface area contributed by atoms with E-state index in [4.69, 9.17) is 23.2 Å². The predicted octanol–water partition coefficient (Wildman–Crippen LogP) is 3.59. The first-order valence-corrected chi connectivity index (χ1v) is 5.08. The third-order valence-corrected chi connectivity index (χ3v) is 2.48. The summed E-state index contributed by atoms with van der Waals surface area (Å²) >= 11 is 11.5. The average molecular weight is 282 g/mol. The maximum atomic E-state index is 12.6. The molecule has 2 aromatic rings. The number of nitrogens with zero attached hydrogens (tertiary/aromatic N) is 3. The van der Waals surface area contributed by atoms with Gasteiger partial charge in [-0.2, -0.15) is 18.3 Å². The Labute approximate surface area is 104 Å². The first-order valence-electron chi connectivity index (χ1n) is 4.32. The van der Waals surface area contributed by atoms with Crippen molar-refractivity contribution >= 4 is 23.2 Å². The second-order valence-corrected chi connectivity index (χ2v) is 3.93. The van der Waals surface area contributed by atoms with E-state index in [1.54, 1.807) is 0 Å². The van der Waals surface area contributed by atoms with Crippen LogP contribution in [0, 0.1) is 0 Å². The Morgan fingerprint density at radius 2 is 1.88 bits per heavy atom. The van der Waals surface area contributed by atoms with Gasteiger partial charge in [-0.15, -0.1) is 0 Å². The summed E-state index contributed by atoms with van der Waals surface area (Å²) in [6, 6.07) is 4.10. The summed E-state index contributed by atoms with van der Waals surface area (Å²) in [5.74, 6) is -1.14. The number of halogens is 5. The summed E-state index contributed by atoms with van der Waals surface area (Å²) in [7, 11) is 0. The van der Waals surface area contributed by atoms with Crippen molar-refractivity contribution in [2.45, 2.75) is 6.18 Å². The molecule has 0 saturated heterocycles. The lowest BCUT2D eigenvalue weighted by Gasteiger charge is -2.09. The molecule has 1 aromatic heterocycles. The molecule has 0 saturated carbocycles. The second kappa shape index (κ2) is 4.19. The van der Waals surface area contributed by atoms with Crippen LogP contribution < -0.4 is 0 Å². The highest BCUT2D eigenvalue weighted by Gasteiger charge is 2.37. The molecule has 17 heavy (non-hydrogen) atoms. The molecule has 0 bridgehead atoms. The Kier molecular flexibility index (Phi) is 3.01. The number of rotatable bonds is 1. The van der Waals surface area contributed by atoms with E-state index in [0.717, 1.165) is 6.33 Å². The van der Waals surface area contributed by atoms with Crippen molar-refractivity contribution in [1.82, 2.24) is 14.8 Å². The number of aromatic nitrogens is 3. The zero-order chi connectivity index (χ0) is 12.6. The van der Waals surface area contributed by atoms with Gasteiger partial charge < -0.3 is 0 Å². The fourth-order valence-corrected chi connectivity index (χ4v) is 1.75. The molecule has 0 fully saturated rings. The van der Waals surface area contributed by atoms with Crippen molar-refractivity contribution in [1.29, 1.82) is 0 Å². The second-order valence-electron chi connectivity index (χ2n) is 3.09. The molecular weight excluding hydrogens is 278 g/mol. The van der Waals surface area contributed by atoms with Crippen LogP contribution >= 0.6 is 23.2 Å². The topological polar surface area (TPSA) is 30.7 Å². The highest BCUT2D eigenvalue weighted by molar-refractivity contribution is 6.35. The molecule has 1 aromatic carbocycles. The minimum atomic E-state index is -4.60. The van der Waals surface area contributed by atoms with E-state index in [1.807, 2.05) is 0 Å². The Balaban J connectivity index is 2.58. The van der Waals surface area contributed by atoms with Gasteiger partial charge in [-0.1, -0.05) is 23.2 Å². The van der Waals surface area contributed by atoms with Crippen LogP contribution in [0.2, 0.25) is 10.0 Å². The molecule has 2 rings (SSSR count). The van der Waals surface area contributed by atoms with E-state index in [1.165, 1.54) is 18.2 Å². The van der Waals surface area contributed by atoms with Crippen LogP contribution in [-0.2, 0) is 6.18 Å². The lowest BCUT2D eigenvalue weighted by molar-refractivity contribution is -0.146. The van der Waals surface area contributed by atoms with Crippen LogP contribution in [0.1, 0.15) is 5.82 Å². The van der Waals surface area contributed by atoms with E-state index >= 15 is 0 Å². The lowest BCUT2D eigenvalue weighted by atomic mass is 10.3. The van der Waals surface area contributed by atoms with Gasteiger partial charge in [-0.05, 0) is 18.2 Å². The molecule has 0 N–H and O–H groups in total. The van der Waals surface area contributed by atoms with Crippen molar-refractivity contribution in [3.05, 3.63) is 40.4 Å². The number of alkyl halides is 3. The number of hydrogen-bond donors (Lipinski definition) is 0. The van der Waals surface area contributed by atoms with Crippen molar-refractivity contribution in [2.75, 3.05) is 0 Å². The van der Waals surface area contributed by atoms with Crippen LogP contribution in [0.15, 0.2) is 24.5 Å². The van der Waals surface area contributed by atoms with E-state index < -0.39 is 12.0 Å². The van der Waals surface area contributed by atoms with Gasteiger partial charge in [-0.3, -0.25) is 0 Å². The third-order valence-electron chi connectivity index (χ3n) is 1.94. The van der Waals surface area contributed by atoms with Gasteiger partial charge >= 0.3 is 6.18 Å². The number of hydrogen-bond acceptors (Lipinski definition) is 2. The SMILES string of the molecule is FC(F)(F)c1ncnn1-c1ccc(Cl)cc1Cl. The minimum Gasteiger partial charge on any atom is -0.211 e. The zero-order valence-electron chi connectivity index (χ0n) is 8.04. The van der Waals surface area contributed by atoms with Gasteiger partial charge in [0.15, 0.2) is 0 Å². The quantitative estimate of drug-likeness (QED) is 0.800. The first kappa shape index (κ1) is 12.2. The molecule has 0 atom stereocenters. The Morgan fingerprint density at radius 1 is 1.18 bits per heavy atom. The molecule has 1 heterocycles. The van der Waals surface area contributed by atoms with Gasteiger partial charge in [0.2, 0.25) is 5.82 Å². The summed E-state index contributed by atoms with van der Waals surface area (Å²) in [4.78, 5) is 3.16. The van der Waals surface area contributed by atoms with Crippen molar-refractivity contribution < 1.29 is 13.2 Å². The van der Waals surface area contributed by atoms with Gasteiger partial charge in [0.05, 0.1) is 10.7 Å². The molecule has 0 radical (unpaired) electrons. The summed E-state index contributed by atoms with van der Waals surface area (Å²) in [6.07, 6.45) is -3.78. The zero-order valence-corrected chi connectivity index (χ0v) is 9.55. The fraction of sp³-hybridized carbons (Fsp3) is 0.111. The van der Waals surface area contributed by atoms with E-state index in [2.05, 4.69) is 10.1 Å². The number of benzene rings is 1. The Bertz CT molecular complexity index is 551. The van der Waals surface area contributed by atoms with Gasteiger partial charge in [0.1, 0.15) is 6.33 Å². The van der Waals surface area contributed by atoms with E-state index in [-0.39, 0.29) is 10.7 Å². The van der Waals surface area contributed by atoms with E-state index in [9.17, 15) is 13.2 Å². The molecule has 0 aliphatic rings. The van der Waals surface area contributed by atoms with Crippen LogP contribution in [0.3, 0.4) is 0 Å². The van der Waals surface area contributed by atoms with Crippen LogP contribution in [0.5, 0.6) is 0 Å². The van der Waals surface area contributed by atoms with E-state index in [0.29, 0.717) is 9.70 Å². The van der Waals surface area contributed by atoms with Crippen LogP contribution in [0.25, 0.3) is 5.69 Å². The van der Waals surface area contributed by atoms with Crippen molar-refractivity contribution in [3.8, 4) is 5.69 Å². The standard InChI is InChI=1S/C9H4Cl2F3N3/c10-5-1-2-7(6(11)3-5)17-8(9(12,13)14)15-4-16-17/h1-4H. The first-order chi connectivity index (χ1) is 7.89. The Hall–Kier alpha value is -1.27. The van der Waals surface area contributed by atoms with Crippen molar-refractivity contribution in [3.63, 3.8) is 0 Å². The molecule has 0 amide bonds. The molecule has 8 heteroatoms. The average Bonchev–Trinajstić information content (AvgIpc) is 2.65. The van der Waals surface area contributed by atoms with Gasteiger partial charge in [0, 0.05) is 5.02 Å². The largest absolute Gasteiger partial charge is 0.451 e. The van der Waals surface area contributed by atoms with Crippen LogP contribution in [0.4, 0.5) is 13.2 Å². The Morgan fingerprint density at radius 3 is 2.47 bits per heavy atom. The van der Waals surface area contributed by atoms with Gasteiger partial charge in [-0.25, -0.2) is 9.67 Å². The maximum absolute atomic E-state index is 12.6. The van der Waals surface area contributed by atoms with Crippen molar-refractivity contribution in [2.24, 2.45) is 0 Å². The molecule has 3 nitrogen and oxygen atoms in total. The molecule has 0 aliphatic heterocycles. The summed E-state index contributed by atoms with van der Waals surface area (Å²) in [5, 5.41) is 3.89. The molecule has 0 unspecified atom stereocenters. The van der Waals surface area contributed by atoms with Gasteiger partial charge in [0.25, 0.3) is 0 Å². The molecule has 90 valence electrons. The lowest BCUT2D eigenvalue weighted by Crippen LogP contribution is -2.14. The molecule has 0 aliphatic carbocycles. The monoisotopic (exact) mass is 281 g/mol. The molecule has 0 spiro atoms. The normalized spacial score (nSPS) is 11.8. The minimum absolute atomic E-state index is 0.0634. The summed E-state index contributed by atoms with van der Waals surface area (Å²) in [5.41, 5.74) is 0.0703. The van der Waals surface area contributed by atoms with Crippen LogP contribution in [-0.4, -0.2) is 14.8 Å². The maximum Gasteiger partial charge on any atom is 0.451 e. The smallest absolute Gasteiger partial charge is 0.211 e. The highest BCUT2D eigenvalue weighted by atomic mass is 35.5. The summed E-state index contributed by atoms with van der Waals surface area (Å²) in [6.45, 7) is 0.